The second kappa shape index (κ2) is 10.7. The number of hydrogen-bond donors (Lipinski definition) is 11. The van der Waals surface area contributed by atoms with Crippen LogP contribution in [0.2, 0.25) is 0 Å². The number of rotatable bonds is 4. The van der Waals surface area contributed by atoms with Gasteiger partial charge in [0.2, 0.25) is 0 Å². The highest BCUT2D eigenvalue weighted by molar-refractivity contribution is 5.92. The van der Waals surface area contributed by atoms with Gasteiger partial charge < -0.3 is 70.1 Å². The second-order valence-corrected chi connectivity index (χ2v) is 9.96. The molecule has 15 heteroatoms. The molecule has 0 unspecified atom stereocenters. The van der Waals surface area contributed by atoms with Crippen LogP contribution in [0.3, 0.4) is 0 Å². The van der Waals surface area contributed by atoms with Gasteiger partial charge in [0.1, 0.15) is 77.6 Å². The van der Waals surface area contributed by atoms with Gasteiger partial charge in [0.05, 0.1) is 24.3 Å². The number of aromatic hydroxyl groups is 4. The van der Waals surface area contributed by atoms with Crippen molar-refractivity contribution in [2.24, 2.45) is 0 Å². The van der Waals surface area contributed by atoms with E-state index in [1.54, 1.807) is 0 Å². The zero-order valence-electron chi connectivity index (χ0n) is 21.0. The van der Waals surface area contributed by atoms with Crippen LogP contribution >= 0.6 is 0 Å². The minimum atomic E-state index is -2.00. The monoisotopic (exact) mass is 580 g/mol. The van der Waals surface area contributed by atoms with E-state index in [0.29, 0.717) is 0 Å². The summed E-state index contributed by atoms with van der Waals surface area (Å²) < 4.78 is 16.8. The molecule has 2 saturated heterocycles. The molecule has 11 N–H and O–H groups in total. The quantitative estimate of drug-likeness (QED) is 0.148. The van der Waals surface area contributed by atoms with Gasteiger partial charge in [-0.3, -0.25) is 4.79 Å². The van der Waals surface area contributed by atoms with Gasteiger partial charge in [0.15, 0.2) is 22.5 Å². The van der Waals surface area contributed by atoms with Gasteiger partial charge in [-0.05, 0) is 18.2 Å². The molecular weight excluding hydrogens is 552 g/mol. The molecule has 41 heavy (non-hydrogen) atoms. The number of phenolic OH excluding ortho intramolecular Hbond substituents is 4. The molecule has 0 saturated carbocycles. The zero-order chi connectivity index (χ0) is 29.9. The number of aliphatic hydroxyl groups excluding tert-OH is 7. The lowest BCUT2D eigenvalue weighted by Gasteiger charge is -2.41. The number of benzene rings is 2. The maximum Gasteiger partial charge on any atom is 0.197 e. The highest BCUT2D eigenvalue weighted by atomic mass is 16.5. The van der Waals surface area contributed by atoms with Crippen LogP contribution < -0.4 is 5.43 Å². The molecule has 3 heterocycles. The predicted octanol–water partition coefficient (Wildman–Crippen LogP) is -2.05. The van der Waals surface area contributed by atoms with Crippen LogP contribution in [0.1, 0.15) is 23.3 Å². The Morgan fingerprint density at radius 1 is 0.756 bits per heavy atom. The van der Waals surface area contributed by atoms with Crippen LogP contribution in [0, 0.1) is 0 Å². The van der Waals surface area contributed by atoms with E-state index in [4.69, 9.17) is 13.9 Å². The Morgan fingerprint density at radius 2 is 1.44 bits per heavy atom. The van der Waals surface area contributed by atoms with E-state index in [1.807, 2.05) is 0 Å². The third kappa shape index (κ3) is 4.66. The summed E-state index contributed by atoms with van der Waals surface area (Å²) >= 11 is 0. The van der Waals surface area contributed by atoms with Crippen LogP contribution in [0.25, 0.3) is 22.3 Å². The van der Waals surface area contributed by atoms with Gasteiger partial charge in [-0.15, -0.1) is 0 Å². The van der Waals surface area contributed by atoms with E-state index in [1.165, 1.54) is 6.07 Å². The lowest BCUT2D eigenvalue weighted by Crippen LogP contribution is -2.55. The van der Waals surface area contributed by atoms with Crippen molar-refractivity contribution in [3.05, 3.63) is 45.6 Å². The Kier molecular flexibility index (Phi) is 7.58. The summed E-state index contributed by atoms with van der Waals surface area (Å²) in [5, 5.41) is 114. The minimum absolute atomic E-state index is 0.0604. The van der Waals surface area contributed by atoms with E-state index in [-0.39, 0.29) is 11.3 Å². The zero-order valence-corrected chi connectivity index (χ0v) is 21.0. The summed E-state index contributed by atoms with van der Waals surface area (Å²) in [6.07, 6.45) is -16.0. The van der Waals surface area contributed by atoms with Crippen LogP contribution in [0.15, 0.2) is 33.5 Å². The summed E-state index contributed by atoms with van der Waals surface area (Å²) in [4.78, 5) is 13.4. The third-order valence-corrected chi connectivity index (χ3v) is 7.42. The average Bonchev–Trinajstić information content (AvgIpc) is 2.93. The van der Waals surface area contributed by atoms with E-state index in [2.05, 4.69) is 0 Å². The largest absolute Gasteiger partial charge is 0.507 e. The van der Waals surface area contributed by atoms with Gasteiger partial charge in [0.25, 0.3) is 0 Å². The Bertz CT molecular complexity index is 1520. The molecule has 0 radical (unpaired) electrons. The summed E-state index contributed by atoms with van der Waals surface area (Å²) in [5.74, 6) is -3.21. The first-order valence-electron chi connectivity index (χ1n) is 12.4. The number of aliphatic hydroxyl groups is 7. The second-order valence-electron chi connectivity index (χ2n) is 9.96. The molecule has 2 aliphatic rings. The molecule has 0 amide bonds. The summed E-state index contributed by atoms with van der Waals surface area (Å²) in [5.41, 5.74) is -2.68. The first kappa shape index (κ1) is 29.0. The molecule has 0 spiro atoms. The molecule has 2 aromatic carbocycles. The van der Waals surface area contributed by atoms with Crippen molar-refractivity contribution >= 4 is 11.0 Å². The van der Waals surface area contributed by atoms with Gasteiger partial charge in [-0.2, -0.15) is 0 Å². The Morgan fingerprint density at radius 3 is 2.10 bits per heavy atom. The number of ether oxygens (including phenoxy) is 2. The standard InChI is InChI=1S/C26H28O15/c27-5-13-18(33)21(36)23(38)26(41-13)16-20(35)15(25-22(37)17(32)11(31)6-39-25)19(34)14-10(30)4-12(40-24(14)16)7-1-2-8(28)9(29)3-7/h1-4,11,13,17-18,21-23,25-29,31-38H,5-6H2/t11-,13+,17-,18+,21-,22+,23+,25-,26+/m0/s1. The summed E-state index contributed by atoms with van der Waals surface area (Å²) in [6.45, 7) is -1.39. The van der Waals surface area contributed by atoms with Gasteiger partial charge >= 0.3 is 0 Å². The highest BCUT2D eigenvalue weighted by Crippen LogP contribution is 2.50. The highest BCUT2D eigenvalue weighted by Gasteiger charge is 2.48. The van der Waals surface area contributed by atoms with Crippen LogP contribution in [0.4, 0.5) is 0 Å². The maximum absolute atomic E-state index is 13.4. The Labute approximate surface area is 229 Å². The van der Waals surface area contributed by atoms with E-state index >= 15 is 0 Å². The fraction of sp³-hybridized carbons (Fsp3) is 0.423. The first-order valence-corrected chi connectivity index (χ1v) is 12.4. The number of fused-ring (bicyclic) bond motifs is 1. The molecule has 5 rings (SSSR count). The van der Waals surface area contributed by atoms with Crippen molar-refractivity contribution in [3.8, 4) is 34.3 Å². The fourth-order valence-electron chi connectivity index (χ4n) is 5.16. The predicted molar refractivity (Wildman–Crippen MR) is 134 cm³/mol. The van der Waals surface area contributed by atoms with Crippen molar-refractivity contribution in [3.63, 3.8) is 0 Å². The molecule has 3 aromatic rings. The third-order valence-electron chi connectivity index (χ3n) is 7.42. The maximum atomic E-state index is 13.4. The molecular formula is C26H28O15. The first-order chi connectivity index (χ1) is 19.4. The fourth-order valence-corrected chi connectivity index (χ4v) is 5.16. The minimum Gasteiger partial charge on any atom is -0.507 e. The molecule has 1 aromatic heterocycles. The summed E-state index contributed by atoms with van der Waals surface area (Å²) in [6, 6.07) is 4.34. The molecule has 0 bridgehead atoms. The van der Waals surface area contributed by atoms with Gasteiger partial charge in [-0.1, -0.05) is 0 Å². The molecule has 0 aliphatic carbocycles. The van der Waals surface area contributed by atoms with Crippen molar-refractivity contribution in [1.29, 1.82) is 0 Å². The number of hydrogen-bond acceptors (Lipinski definition) is 15. The smallest absolute Gasteiger partial charge is 0.197 e. The van der Waals surface area contributed by atoms with Crippen LogP contribution in [0.5, 0.6) is 23.0 Å². The lowest BCUT2D eigenvalue weighted by molar-refractivity contribution is -0.231. The van der Waals surface area contributed by atoms with Crippen molar-refractivity contribution < 1.29 is 70.1 Å². The number of phenols is 4. The van der Waals surface area contributed by atoms with E-state index in [0.717, 1.165) is 18.2 Å². The molecule has 2 aliphatic heterocycles. The lowest BCUT2D eigenvalue weighted by atomic mass is 9.85. The topological polar surface area (TPSA) is 271 Å². The molecule has 2 fully saturated rings. The van der Waals surface area contributed by atoms with Gasteiger partial charge in [-0.25, -0.2) is 0 Å². The van der Waals surface area contributed by atoms with Gasteiger partial charge in [0, 0.05) is 11.6 Å². The molecule has 15 nitrogen and oxygen atoms in total. The Hall–Kier alpha value is -3.51. The molecule has 9 atom stereocenters. The average molecular weight is 580 g/mol. The summed E-state index contributed by atoms with van der Waals surface area (Å²) in [7, 11) is 0. The van der Waals surface area contributed by atoms with E-state index in [9.17, 15) is 61.0 Å². The van der Waals surface area contributed by atoms with Crippen molar-refractivity contribution in [1.82, 2.24) is 0 Å². The normalized spacial score (nSPS) is 32.3. The van der Waals surface area contributed by atoms with Crippen LogP contribution in [-0.2, 0) is 9.47 Å². The van der Waals surface area contributed by atoms with Crippen molar-refractivity contribution in [2.75, 3.05) is 13.2 Å². The van der Waals surface area contributed by atoms with Crippen molar-refractivity contribution in [2.45, 2.75) is 54.9 Å². The Balaban J connectivity index is 1.82. The van der Waals surface area contributed by atoms with E-state index < -0.39 is 119 Å². The SMILES string of the molecule is O=c1cc(-c2ccc(O)c(O)c2)oc2c([C@H]3O[C@H](CO)[C@@H](O)[C@H](O)[C@H]3O)c(O)c([C@@H]3OC[C@H](O)[C@H](O)[C@H]3O)c(O)c12. The molecule has 222 valence electrons. The van der Waals surface area contributed by atoms with Crippen LogP contribution in [-0.4, -0.2) is 112 Å².